The molecule has 3 aromatic rings. The van der Waals surface area contributed by atoms with Gasteiger partial charge in [-0.15, -0.1) is 0 Å². The van der Waals surface area contributed by atoms with E-state index in [9.17, 15) is 17.6 Å². The Labute approximate surface area is 219 Å². The molecule has 0 aliphatic carbocycles. The number of ether oxygens (including phenoxy) is 1. The zero-order valence-corrected chi connectivity index (χ0v) is 21.6. The van der Waals surface area contributed by atoms with Crippen molar-refractivity contribution in [2.75, 3.05) is 44.4 Å². The molecule has 38 heavy (non-hydrogen) atoms. The number of likely N-dealkylation sites (tertiary alicyclic amines) is 1. The molecule has 4 rings (SSSR count). The second-order valence-electron chi connectivity index (χ2n) is 9.49. The molecule has 0 radical (unpaired) electrons. The molecule has 0 amide bonds. The molecule has 6 nitrogen and oxygen atoms in total. The molecule has 1 aliphatic heterocycles. The maximum Gasteiger partial charge on any atom is 0.406 e. The maximum absolute atomic E-state index is 14.6. The monoisotopic (exact) mass is 529 g/mol. The van der Waals surface area contributed by atoms with Gasteiger partial charge in [0.2, 0.25) is 0 Å². The van der Waals surface area contributed by atoms with Gasteiger partial charge in [-0.05, 0) is 50.1 Å². The second kappa shape index (κ2) is 11.4. The van der Waals surface area contributed by atoms with Gasteiger partial charge in [0.05, 0.1) is 48.5 Å². The van der Waals surface area contributed by atoms with Crippen LogP contribution in [0.5, 0.6) is 5.75 Å². The van der Waals surface area contributed by atoms with Gasteiger partial charge in [-0.2, -0.15) is 13.2 Å². The molecule has 1 aromatic carbocycles. The van der Waals surface area contributed by atoms with Gasteiger partial charge in [0.1, 0.15) is 18.5 Å². The lowest BCUT2D eigenvalue weighted by atomic mass is 10.0. The van der Waals surface area contributed by atoms with Crippen molar-refractivity contribution in [2.45, 2.75) is 38.3 Å². The number of allylic oxidation sites excluding steroid dienone is 1. The molecule has 0 spiro atoms. The van der Waals surface area contributed by atoms with Crippen LogP contribution in [-0.4, -0.2) is 66.6 Å². The van der Waals surface area contributed by atoms with Crippen LogP contribution in [-0.2, 0) is 6.54 Å². The number of piperidine rings is 1. The largest absolute Gasteiger partial charge is 0.494 e. The van der Waals surface area contributed by atoms with E-state index in [-0.39, 0.29) is 12.2 Å². The third-order valence-corrected chi connectivity index (χ3v) is 6.48. The zero-order chi connectivity index (χ0) is 27.4. The van der Waals surface area contributed by atoms with Crippen molar-refractivity contribution in [3.63, 3.8) is 0 Å². The number of anilines is 2. The topological polar surface area (TPSA) is 54.4 Å². The smallest absolute Gasteiger partial charge is 0.406 e. The molecular formula is C28H31F4N5O. The molecule has 0 unspecified atom stereocenters. The number of fused-ring (bicyclic) bond motifs is 1. The van der Waals surface area contributed by atoms with Crippen molar-refractivity contribution in [1.82, 2.24) is 14.5 Å². The van der Waals surface area contributed by atoms with E-state index in [0.717, 1.165) is 16.7 Å². The highest BCUT2D eigenvalue weighted by molar-refractivity contribution is 5.94. The summed E-state index contributed by atoms with van der Waals surface area (Å²) in [6.07, 6.45) is -3.32. The van der Waals surface area contributed by atoms with Gasteiger partial charge in [0, 0.05) is 30.2 Å². The van der Waals surface area contributed by atoms with Crippen LogP contribution in [0.1, 0.15) is 24.7 Å². The Morgan fingerprint density at radius 2 is 2.05 bits per heavy atom. The van der Waals surface area contributed by atoms with Crippen LogP contribution in [0.25, 0.3) is 16.5 Å². The van der Waals surface area contributed by atoms with Gasteiger partial charge >= 0.3 is 6.18 Å². The molecule has 1 fully saturated rings. The number of benzene rings is 1. The van der Waals surface area contributed by atoms with Crippen LogP contribution >= 0.6 is 0 Å². The summed E-state index contributed by atoms with van der Waals surface area (Å²) in [5, 5.41) is 6.89. The summed E-state index contributed by atoms with van der Waals surface area (Å²) in [7, 11) is 3.40. The number of hydrogen-bond donors (Lipinski definition) is 2. The predicted octanol–water partition coefficient (Wildman–Crippen LogP) is 5.56. The highest BCUT2D eigenvalue weighted by Gasteiger charge is 2.31. The molecular weight excluding hydrogens is 498 g/mol. The summed E-state index contributed by atoms with van der Waals surface area (Å²) in [6.45, 7) is 5.73. The van der Waals surface area contributed by atoms with Crippen molar-refractivity contribution >= 4 is 27.9 Å². The van der Waals surface area contributed by atoms with Crippen molar-refractivity contribution < 1.29 is 22.3 Å². The lowest BCUT2D eigenvalue weighted by Crippen LogP contribution is -2.46. The Morgan fingerprint density at radius 3 is 2.74 bits per heavy atom. The van der Waals surface area contributed by atoms with Crippen LogP contribution in [0.3, 0.4) is 0 Å². The van der Waals surface area contributed by atoms with Crippen LogP contribution in [0.4, 0.5) is 28.9 Å². The van der Waals surface area contributed by atoms with E-state index in [1.807, 2.05) is 18.9 Å². The number of aromatic nitrogens is 2. The molecule has 10 heteroatoms. The minimum absolute atomic E-state index is 0.155. The zero-order valence-electron chi connectivity index (χ0n) is 21.6. The van der Waals surface area contributed by atoms with E-state index in [4.69, 9.17) is 4.74 Å². The summed E-state index contributed by atoms with van der Waals surface area (Å²) < 4.78 is 61.7. The minimum atomic E-state index is -4.44. The van der Waals surface area contributed by atoms with E-state index in [2.05, 4.69) is 34.0 Å². The highest BCUT2D eigenvalue weighted by atomic mass is 19.4. The van der Waals surface area contributed by atoms with E-state index < -0.39 is 24.9 Å². The van der Waals surface area contributed by atoms with Gasteiger partial charge in [-0.25, -0.2) is 4.39 Å². The Morgan fingerprint density at radius 1 is 1.26 bits per heavy atom. The summed E-state index contributed by atoms with van der Waals surface area (Å²) in [5.74, 6) is 6.33. The molecule has 2 atom stereocenters. The number of methoxy groups -OCH3 is 1. The fourth-order valence-electron chi connectivity index (χ4n) is 4.53. The van der Waals surface area contributed by atoms with Crippen molar-refractivity contribution in [2.24, 2.45) is 0 Å². The van der Waals surface area contributed by atoms with Crippen LogP contribution < -0.4 is 15.4 Å². The fraction of sp³-hybridized carbons (Fsp3) is 0.393. The lowest BCUT2D eigenvalue weighted by Gasteiger charge is -2.33. The number of halogens is 4. The van der Waals surface area contributed by atoms with Gasteiger partial charge in [-0.3, -0.25) is 4.98 Å². The summed E-state index contributed by atoms with van der Waals surface area (Å²) >= 11 is 0. The molecule has 1 aliphatic rings. The first kappa shape index (κ1) is 27.3. The lowest BCUT2D eigenvalue weighted by molar-refractivity contribution is -0.140. The number of pyridine rings is 1. The summed E-state index contributed by atoms with van der Waals surface area (Å²) in [4.78, 5) is 6.24. The Hall–Kier alpha value is -3.71. The number of hydrogen-bond acceptors (Lipinski definition) is 5. The van der Waals surface area contributed by atoms with Crippen LogP contribution in [0.2, 0.25) is 0 Å². The average molecular weight is 530 g/mol. The van der Waals surface area contributed by atoms with Gasteiger partial charge in [0.15, 0.2) is 0 Å². The molecule has 3 heterocycles. The SMILES string of the molecule is C=C(C)c1cc(OC)c(NCC#Cc2cc3c(N[C@@H]4CCN(C)C[C@@H]4F)cccc3n2CC(F)(F)F)cn1. The van der Waals surface area contributed by atoms with E-state index in [1.165, 1.54) is 7.11 Å². The minimum Gasteiger partial charge on any atom is -0.494 e. The molecule has 2 N–H and O–H groups in total. The second-order valence-corrected chi connectivity index (χ2v) is 9.49. The normalized spacial score (nSPS) is 18.1. The van der Waals surface area contributed by atoms with Crippen molar-refractivity contribution in [3.05, 3.63) is 54.5 Å². The number of alkyl halides is 4. The standard InChI is InChI=1S/C28H31F4N5O/c1-18(2)24-14-27(38-4)25(15-34-24)33-11-6-7-19-13-20-22(35-23-10-12-36(3)16-21(23)29)8-5-9-26(20)37(19)17-28(30,31)32/h5,8-9,13-15,21,23,33,35H,1,10-12,16-17H2,2-4H3/t21-,23+/m0/s1. The summed E-state index contributed by atoms with van der Waals surface area (Å²) in [6, 6.07) is 8.02. The van der Waals surface area contributed by atoms with E-state index in [0.29, 0.717) is 46.7 Å². The van der Waals surface area contributed by atoms with Crippen LogP contribution in [0, 0.1) is 11.8 Å². The Kier molecular flexibility index (Phi) is 8.17. The first-order valence-electron chi connectivity index (χ1n) is 12.3. The van der Waals surface area contributed by atoms with E-state index >= 15 is 0 Å². The first-order valence-corrected chi connectivity index (χ1v) is 12.3. The Balaban J connectivity index is 1.60. The Bertz CT molecular complexity index is 1370. The predicted molar refractivity (Wildman–Crippen MR) is 143 cm³/mol. The van der Waals surface area contributed by atoms with E-state index in [1.54, 1.807) is 36.5 Å². The molecule has 2 aromatic heterocycles. The number of rotatable bonds is 7. The third kappa shape index (κ3) is 6.40. The molecule has 0 saturated carbocycles. The summed E-state index contributed by atoms with van der Waals surface area (Å²) in [5.41, 5.74) is 3.28. The molecule has 1 saturated heterocycles. The highest BCUT2D eigenvalue weighted by Crippen LogP contribution is 2.32. The van der Waals surface area contributed by atoms with Crippen LogP contribution in [0.15, 0.2) is 43.1 Å². The maximum atomic E-state index is 14.6. The van der Waals surface area contributed by atoms with Gasteiger partial charge in [0.25, 0.3) is 0 Å². The molecule has 202 valence electrons. The quantitative estimate of drug-likeness (QED) is 0.310. The number of nitrogens with one attached hydrogen (secondary N) is 2. The van der Waals surface area contributed by atoms with Gasteiger partial charge in [-0.1, -0.05) is 18.6 Å². The number of nitrogens with zero attached hydrogens (tertiary/aromatic N) is 3. The third-order valence-electron chi connectivity index (χ3n) is 6.48. The van der Waals surface area contributed by atoms with Gasteiger partial charge < -0.3 is 24.8 Å². The van der Waals surface area contributed by atoms with Crippen molar-refractivity contribution in [1.29, 1.82) is 0 Å². The van der Waals surface area contributed by atoms with Crippen molar-refractivity contribution in [3.8, 4) is 17.6 Å². The average Bonchev–Trinajstić information content (AvgIpc) is 3.20. The fourth-order valence-corrected chi connectivity index (χ4v) is 4.53. The molecule has 0 bridgehead atoms. The first-order chi connectivity index (χ1) is 18.1.